The first-order valence-corrected chi connectivity index (χ1v) is 14.0. The summed E-state index contributed by atoms with van der Waals surface area (Å²) < 4.78 is 11.4. The summed E-state index contributed by atoms with van der Waals surface area (Å²) in [6, 6.07) is 16.0. The maximum Gasteiger partial charge on any atom is 0.250 e. The van der Waals surface area contributed by atoms with Crippen LogP contribution in [0.1, 0.15) is 16.7 Å². The fourth-order valence-electron chi connectivity index (χ4n) is 7.17. The average molecular weight is 569 g/mol. The molecule has 41 heavy (non-hydrogen) atoms. The van der Waals surface area contributed by atoms with Gasteiger partial charge in [0.2, 0.25) is 17.7 Å². The van der Waals surface area contributed by atoms with E-state index in [0.717, 1.165) is 22.0 Å². The third-order valence-electron chi connectivity index (χ3n) is 8.88. The highest BCUT2D eigenvalue weighted by molar-refractivity contribution is 6.31. The highest BCUT2D eigenvalue weighted by Crippen LogP contribution is 2.55. The SMILES string of the molecule is Cc1cc(Cl)cc2c1NC(=O)[C@]21N[C@H](Cc2c[nH]c3ccccc23)[C@H]2C(=O)N(c3ccc4c(c3)OCCO4)C(=O)[C@H]21. The van der Waals surface area contributed by atoms with Crippen LogP contribution in [0.5, 0.6) is 11.5 Å². The number of imide groups is 1. The number of aromatic nitrogens is 1. The van der Waals surface area contributed by atoms with E-state index in [1.165, 1.54) is 4.90 Å². The van der Waals surface area contributed by atoms with Gasteiger partial charge in [0.05, 0.1) is 17.5 Å². The van der Waals surface area contributed by atoms with E-state index in [1.54, 1.807) is 30.3 Å². The minimum Gasteiger partial charge on any atom is -0.486 e. The highest BCUT2D eigenvalue weighted by atomic mass is 35.5. The second-order valence-corrected chi connectivity index (χ2v) is 11.5. The molecule has 1 spiro atoms. The third-order valence-corrected chi connectivity index (χ3v) is 9.10. The van der Waals surface area contributed by atoms with Gasteiger partial charge in [-0.25, -0.2) is 4.90 Å². The van der Waals surface area contributed by atoms with Gasteiger partial charge in [0, 0.05) is 45.5 Å². The topological polar surface area (TPSA) is 113 Å². The fraction of sp³-hybridized carbons (Fsp3) is 0.258. The number of anilines is 2. The zero-order valence-electron chi connectivity index (χ0n) is 22.0. The lowest BCUT2D eigenvalue weighted by Gasteiger charge is -2.30. The zero-order chi connectivity index (χ0) is 28.0. The predicted octanol–water partition coefficient (Wildman–Crippen LogP) is 4.07. The van der Waals surface area contributed by atoms with Crippen molar-refractivity contribution in [1.29, 1.82) is 0 Å². The van der Waals surface area contributed by atoms with E-state index in [2.05, 4.69) is 15.6 Å². The van der Waals surface area contributed by atoms with Crippen molar-refractivity contribution >= 4 is 51.6 Å². The van der Waals surface area contributed by atoms with Crippen LogP contribution in [0, 0.1) is 18.8 Å². The van der Waals surface area contributed by atoms with E-state index in [9.17, 15) is 14.4 Å². The van der Waals surface area contributed by atoms with Crippen molar-refractivity contribution in [3.63, 3.8) is 0 Å². The Morgan fingerprint density at radius 2 is 1.80 bits per heavy atom. The van der Waals surface area contributed by atoms with Crippen LogP contribution in [0.25, 0.3) is 10.9 Å². The number of fused-ring (bicyclic) bond motifs is 6. The summed E-state index contributed by atoms with van der Waals surface area (Å²) >= 11 is 6.50. The molecule has 4 aromatic rings. The Kier molecular flexibility index (Phi) is 5.12. The number of nitrogens with zero attached hydrogens (tertiary/aromatic N) is 1. The van der Waals surface area contributed by atoms with Gasteiger partial charge in [0.1, 0.15) is 18.8 Å². The van der Waals surface area contributed by atoms with Crippen LogP contribution in [-0.4, -0.2) is 42.0 Å². The number of aromatic amines is 1. The van der Waals surface area contributed by atoms with E-state index < -0.39 is 29.3 Å². The molecule has 206 valence electrons. The lowest BCUT2D eigenvalue weighted by molar-refractivity contribution is -0.130. The molecule has 3 amide bonds. The molecule has 0 aliphatic carbocycles. The molecule has 0 bridgehead atoms. The number of carbonyl (C=O) groups is 3. The summed E-state index contributed by atoms with van der Waals surface area (Å²) in [6.07, 6.45) is 2.36. The standard InChI is InChI=1S/C31H25ClN4O5/c1-15-10-17(32)12-20-27(15)34-30(39)31(20)26-25(22(35-31)11-16-14-33-21-5-3-2-4-19(16)21)28(37)36(29(26)38)18-6-7-23-24(13-18)41-9-8-40-23/h2-7,10,12-14,22,25-26,33,35H,8-9,11H2,1H3,(H,34,39)/t22-,25-,26+,31+/m1/s1. The van der Waals surface area contributed by atoms with Crippen molar-refractivity contribution in [3.05, 3.63) is 82.5 Å². The molecule has 1 aromatic heterocycles. The first-order valence-electron chi connectivity index (χ1n) is 13.6. The number of hydrogen-bond donors (Lipinski definition) is 3. The monoisotopic (exact) mass is 568 g/mol. The van der Waals surface area contributed by atoms with Crippen molar-refractivity contribution in [3.8, 4) is 11.5 Å². The first kappa shape index (κ1) is 24.5. The number of hydrogen-bond acceptors (Lipinski definition) is 6. The van der Waals surface area contributed by atoms with Crippen LogP contribution in [0.2, 0.25) is 5.02 Å². The van der Waals surface area contributed by atoms with E-state index >= 15 is 0 Å². The molecule has 3 N–H and O–H groups in total. The molecule has 8 rings (SSSR count). The van der Waals surface area contributed by atoms with Crippen LogP contribution in [0.4, 0.5) is 11.4 Å². The summed E-state index contributed by atoms with van der Waals surface area (Å²) in [7, 11) is 0. The van der Waals surface area contributed by atoms with Crippen molar-refractivity contribution in [2.45, 2.75) is 24.9 Å². The average Bonchev–Trinajstić information content (AvgIpc) is 3.68. The van der Waals surface area contributed by atoms with Gasteiger partial charge in [-0.1, -0.05) is 29.8 Å². The molecule has 0 saturated carbocycles. The van der Waals surface area contributed by atoms with Gasteiger partial charge >= 0.3 is 0 Å². The van der Waals surface area contributed by atoms with E-state index in [4.69, 9.17) is 21.1 Å². The minimum absolute atomic E-state index is 0.356. The Morgan fingerprint density at radius 1 is 1.00 bits per heavy atom. The Labute approximate surface area is 239 Å². The molecule has 4 atom stereocenters. The van der Waals surface area contributed by atoms with Crippen LogP contribution >= 0.6 is 11.6 Å². The molecular weight excluding hydrogens is 544 g/mol. The van der Waals surface area contributed by atoms with E-state index in [-0.39, 0.29) is 11.8 Å². The number of benzene rings is 3. The number of amides is 3. The van der Waals surface area contributed by atoms with Gasteiger partial charge < -0.3 is 19.8 Å². The second kappa shape index (κ2) is 8.58. The number of halogens is 1. The smallest absolute Gasteiger partial charge is 0.250 e. The number of carbonyl (C=O) groups excluding carboxylic acids is 3. The molecular formula is C31H25ClN4O5. The van der Waals surface area contributed by atoms with Crippen LogP contribution in [0.15, 0.2) is 60.8 Å². The lowest BCUT2D eigenvalue weighted by Crippen LogP contribution is -2.53. The number of rotatable bonds is 3. The summed E-state index contributed by atoms with van der Waals surface area (Å²) in [5.74, 6) is -1.89. The summed E-state index contributed by atoms with van der Waals surface area (Å²) in [5, 5.41) is 8.00. The van der Waals surface area contributed by atoms with Gasteiger partial charge in [0.25, 0.3) is 0 Å². The molecule has 0 radical (unpaired) electrons. The van der Waals surface area contributed by atoms with Crippen molar-refractivity contribution in [1.82, 2.24) is 10.3 Å². The second-order valence-electron chi connectivity index (χ2n) is 11.1. The van der Waals surface area contributed by atoms with Gasteiger partial charge in [-0.05, 0) is 54.8 Å². The predicted molar refractivity (Wildman–Crippen MR) is 152 cm³/mol. The Bertz CT molecular complexity index is 1820. The number of ether oxygens (including phenoxy) is 2. The molecule has 4 aliphatic heterocycles. The zero-order valence-corrected chi connectivity index (χ0v) is 22.7. The van der Waals surface area contributed by atoms with Gasteiger partial charge in [-0.3, -0.25) is 19.7 Å². The molecule has 0 unspecified atom stereocenters. The van der Waals surface area contributed by atoms with Crippen molar-refractivity contribution < 1.29 is 23.9 Å². The largest absolute Gasteiger partial charge is 0.486 e. The van der Waals surface area contributed by atoms with Crippen LogP contribution < -0.4 is 25.0 Å². The molecule has 2 saturated heterocycles. The normalized spacial score (nSPS) is 26.1. The Hall–Kier alpha value is -4.34. The van der Waals surface area contributed by atoms with Crippen LogP contribution in [0.3, 0.4) is 0 Å². The molecule has 3 aromatic carbocycles. The highest BCUT2D eigenvalue weighted by Gasteiger charge is 2.70. The fourth-order valence-corrected chi connectivity index (χ4v) is 7.44. The minimum atomic E-state index is -1.46. The Balaban J connectivity index is 1.28. The molecule has 9 nitrogen and oxygen atoms in total. The van der Waals surface area contributed by atoms with E-state index in [0.29, 0.717) is 53.1 Å². The molecule has 5 heterocycles. The molecule has 10 heteroatoms. The number of nitrogens with one attached hydrogen (secondary N) is 3. The van der Waals surface area contributed by atoms with Gasteiger partial charge in [-0.15, -0.1) is 0 Å². The number of H-pyrrole nitrogens is 1. The van der Waals surface area contributed by atoms with Crippen molar-refractivity contribution in [2.24, 2.45) is 11.8 Å². The molecule has 2 fully saturated rings. The maximum atomic E-state index is 14.4. The summed E-state index contributed by atoms with van der Waals surface area (Å²) in [6.45, 7) is 2.67. The van der Waals surface area contributed by atoms with Gasteiger partial charge in [0.15, 0.2) is 11.5 Å². The lowest BCUT2D eigenvalue weighted by atomic mass is 9.76. The Morgan fingerprint density at radius 3 is 2.66 bits per heavy atom. The number of aryl methyl sites for hydroxylation is 1. The molecule has 4 aliphatic rings. The summed E-state index contributed by atoms with van der Waals surface area (Å²) in [4.78, 5) is 47.1. The van der Waals surface area contributed by atoms with Crippen molar-refractivity contribution in [2.75, 3.05) is 23.4 Å². The quantitative estimate of drug-likeness (QED) is 0.321. The number of para-hydroxylation sites is 1. The summed E-state index contributed by atoms with van der Waals surface area (Å²) in [5.41, 5.74) is 2.90. The van der Waals surface area contributed by atoms with Crippen LogP contribution in [-0.2, 0) is 26.3 Å². The third kappa shape index (κ3) is 3.30. The first-order chi connectivity index (χ1) is 19.9. The maximum absolute atomic E-state index is 14.4. The van der Waals surface area contributed by atoms with Gasteiger partial charge in [-0.2, -0.15) is 0 Å². The van der Waals surface area contributed by atoms with E-state index in [1.807, 2.05) is 37.4 Å².